The fraction of sp³-hybridized carbons (Fsp3) is 0.625. The molecule has 0 aliphatic carbocycles. The Bertz CT molecular complexity index is 941. The molecule has 180 valence electrons. The van der Waals surface area contributed by atoms with Gasteiger partial charge in [-0.25, -0.2) is 0 Å². The van der Waals surface area contributed by atoms with E-state index in [2.05, 4.69) is 10.6 Å². The molecule has 0 saturated carbocycles. The summed E-state index contributed by atoms with van der Waals surface area (Å²) in [5.74, 6) is -2.33. The molecule has 3 amide bonds. The molecule has 2 bridgehead atoms. The van der Waals surface area contributed by atoms with Gasteiger partial charge < -0.3 is 25.4 Å². The molecule has 1 aromatic rings. The third-order valence-corrected chi connectivity index (χ3v) is 7.80. The normalized spacial score (nSPS) is 33.2. The highest BCUT2D eigenvalue weighted by Crippen LogP contribution is 2.64. The van der Waals surface area contributed by atoms with Crippen LogP contribution in [0.3, 0.4) is 0 Å². The first-order valence-corrected chi connectivity index (χ1v) is 12.1. The van der Waals surface area contributed by atoms with Crippen LogP contribution >= 0.6 is 11.6 Å². The minimum absolute atomic E-state index is 0.200. The SMILES string of the molecule is CCCNC(=O)[C@@H]1[C@H]2C(=O)N([C@H](C)CO)C(C(=O)Nc3ccc(Cl)cc3)C23CC[C@@]1(CC)O3. The van der Waals surface area contributed by atoms with E-state index < -0.39 is 41.0 Å². The number of amides is 3. The van der Waals surface area contributed by atoms with Crippen LogP contribution in [0.1, 0.15) is 46.5 Å². The molecular weight excluding hydrogens is 446 g/mol. The van der Waals surface area contributed by atoms with Crippen LogP contribution in [0.15, 0.2) is 24.3 Å². The molecule has 4 rings (SSSR count). The first kappa shape index (κ1) is 24.0. The Balaban J connectivity index is 1.74. The summed E-state index contributed by atoms with van der Waals surface area (Å²) >= 11 is 5.96. The monoisotopic (exact) mass is 477 g/mol. The number of halogens is 1. The summed E-state index contributed by atoms with van der Waals surface area (Å²) in [7, 11) is 0. The molecule has 33 heavy (non-hydrogen) atoms. The van der Waals surface area contributed by atoms with E-state index in [0.717, 1.165) is 6.42 Å². The number of benzene rings is 1. The minimum Gasteiger partial charge on any atom is -0.394 e. The minimum atomic E-state index is -1.11. The van der Waals surface area contributed by atoms with Gasteiger partial charge in [0.2, 0.25) is 17.7 Å². The van der Waals surface area contributed by atoms with Gasteiger partial charge in [0, 0.05) is 17.3 Å². The summed E-state index contributed by atoms with van der Waals surface area (Å²) in [6.45, 7) is 5.84. The van der Waals surface area contributed by atoms with Gasteiger partial charge in [-0.3, -0.25) is 14.4 Å². The van der Waals surface area contributed by atoms with E-state index in [0.29, 0.717) is 36.5 Å². The lowest BCUT2D eigenvalue weighted by Crippen LogP contribution is -2.55. The van der Waals surface area contributed by atoms with Crippen LogP contribution in [-0.4, -0.2) is 64.2 Å². The molecule has 2 unspecified atom stereocenters. The number of anilines is 1. The molecule has 3 fully saturated rings. The largest absolute Gasteiger partial charge is 0.394 e. The third kappa shape index (κ3) is 3.63. The van der Waals surface area contributed by atoms with Crippen molar-refractivity contribution >= 4 is 35.0 Å². The molecule has 3 N–H and O–H groups in total. The average molecular weight is 478 g/mol. The number of likely N-dealkylation sites (tertiary alicyclic amines) is 1. The lowest BCUT2D eigenvalue weighted by atomic mass is 9.65. The Labute approximate surface area is 199 Å². The molecule has 6 atom stereocenters. The first-order valence-electron chi connectivity index (χ1n) is 11.7. The molecule has 3 aliphatic rings. The lowest BCUT2D eigenvalue weighted by Gasteiger charge is -2.36. The van der Waals surface area contributed by atoms with Gasteiger partial charge in [-0.2, -0.15) is 0 Å². The molecule has 3 saturated heterocycles. The second kappa shape index (κ2) is 8.89. The summed E-state index contributed by atoms with van der Waals surface area (Å²) in [5.41, 5.74) is -1.34. The van der Waals surface area contributed by atoms with E-state index in [4.69, 9.17) is 16.3 Å². The maximum Gasteiger partial charge on any atom is 0.250 e. The molecule has 9 heteroatoms. The van der Waals surface area contributed by atoms with Gasteiger partial charge >= 0.3 is 0 Å². The molecule has 3 heterocycles. The summed E-state index contributed by atoms with van der Waals surface area (Å²) in [6, 6.07) is 5.16. The molecule has 3 aliphatic heterocycles. The fourth-order valence-corrected chi connectivity index (χ4v) is 6.14. The number of aliphatic hydroxyl groups is 1. The summed E-state index contributed by atoms with van der Waals surface area (Å²) in [5, 5.41) is 16.3. The van der Waals surface area contributed by atoms with Crippen molar-refractivity contribution in [2.24, 2.45) is 11.8 Å². The predicted molar refractivity (Wildman–Crippen MR) is 124 cm³/mol. The van der Waals surface area contributed by atoms with E-state index in [9.17, 15) is 19.5 Å². The van der Waals surface area contributed by atoms with E-state index in [1.54, 1.807) is 31.2 Å². The van der Waals surface area contributed by atoms with Crippen LogP contribution in [0.4, 0.5) is 5.69 Å². The van der Waals surface area contributed by atoms with Crippen molar-refractivity contribution in [3.05, 3.63) is 29.3 Å². The van der Waals surface area contributed by atoms with Crippen LogP contribution in [0.2, 0.25) is 5.02 Å². The summed E-state index contributed by atoms with van der Waals surface area (Å²) in [6.07, 6.45) is 2.46. The van der Waals surface area contributed by atoms with E-state index in [-0.39, 0.29) is 18.4 Å². The molecule has 8 nitrogen and oxygen atoms in total. The average Bonchev–Trinajstić information content (AvgIpc) is 3.42. The van der Waals surface area contributed by atoms with Crippen molar-refractivity contribution in [3.8, 4) is 0 Å². The van der Waals surface area contributed by atoms with Gasteiger partial charge in [0.15, 0.2) is 0 Å². The van der Waals surface area contributed by atoms with Gasteiger partial charge in [-0.1, -0.05) is 25.4 Å². The molecular formula is C24H32ClN3O5. The van der Waals surface area contributed by atoms with E-state index in [1.807, 2.05) is 13.8 Å². The smallest absolute Gasteiger partial charge is 0.250 e. The maximum absolute atomic E-state index is 13.8. The summed E-state index contributed by atoms with van der Waals surface area (Å²) in [4.78, 5) is 42.1. The van der Waals surface area contributed by atoms with E-state index in [1.165, 1.54) is 4.90 Å². The Kier molecular flexibility index (Phi) is 6.46. The molecule has 1 spiro atoms. The Morgan fingerprint density at radius 3 is 2.55 bits per heavy atom. The number of carbonyl (C=O) groups is 3. The molecule has 0 aromatic heterocycles. The maximum atomic E-state index is 13.8. The predicted octanol–water partition coefficient (Wildman–Crippen LogP) is 2.34. The van der Waals surface area contributed by atoms with Gasteiger partial charge in [-0.05, 0) is 56.9 Å². The van der Waals surface area contributed by atoms with Crippen molar-refractivity contribution in [2.75, 3.05) is 18.5 Å². The van der Waals surface area contributed by atoms with Crippen molar-refractivity contribution in [1.29, 1.82) is 0 Å². The first-order chi connectivity index (χ1) is 15.7. The van der Waals surface area contributed by atoms with Crippen molar-refractivity contribution in [3.63, 3.8) is 0 Å². The number of fused-ring (bicyclic) bond motifs is 1. The standard InChI is InChI=1S/C24H32ClN3O5/c1-4-12-26-20(30)17-18-22(32)28(14(3)13-29)19(24(18)11-10-23(17,5-2)33-24)21(31)27-16-8-6-15(25)7-9-16/h6-9,14,17-19,29H,4-5,10-13H2,1-3H3,(H,26,30)(H,27,31)/t14-,17+,18+,19?,23-,24?/m1/s1. The number of hydrogen-bond acceptors (Lipinski definition) is 5. The zero-order valence-electron chi connectivity index (χ0n) is 19.3. The number of nitrogens with one attached hydrogen (secondary N) is 2. The number of aliphatic hydroxyl groups excluding tert-OH is 1. The van der Waals surface area contributed by atoms with Crippen LogP contribution in [0.25, 0.3) is 0 Å². The number of carbonyl (C=O) groups excluding carboxylic acids is 3. The topological polar surface area (TPSA) is 108 Å². The highest BCUT2D eigenvalue weighted by Gasteiger charge is 2.78. The van der Waals surface area contributed by atoms with Crippen molar-refractivity contribution in [1.82, 2.24) is 10.2 Å². The number of ether oxygens (including phenoxy) is 1. The van der Waals surface area contributed by atoms with Crippen LogP contribution in [0.5, 0.6) is 0 Å². The molecule has 0 radical (unpaired) electrons. The highest BCUT2D eigenvalue weighted by atomic mass is 35.5. The van der Waals surface area contributed by atoms with Gasteiger partial charge in [-0.15, -0.1) is 0 Å². The highest BCUT2D eigenvalue weighted by molar-refractivity contribution is 6.30. The Morgan fingerprint density at radius 1 is 1.24 bits per heavy atom. The second-order valence-corrected chi connectivity index (χ2v) is 9.83. The molecule has 1 aromatic carbocycles. The zero-order valence-corrected chi connectivity index (χ0v) is 20.0. The fourth-order valence-electron chi connectivity index (χ4n) is 6.02. The third-order valence-electron chi connectivity index (χ3n) is 7.55. The number of hydrogen-bond donors (Lipinski definition) is 3. The zero-order chi connectivity index (χ0) is 24.0. The van der Waals surface area contributed by atoms with Crippen LogP contribution in [0, 0.1) is 11.8 Å². The van der Waals surface area contributed by atoms with Gasteiger partial charge in [0.1, 0.15) is 11.6 Å². The Morgan fingerprint density at radius 2 is 1.94 bits per heavy atom. The van der Waals surface area contributed by atoms with E-state index >= 15 is 0 Å². The number of nitrogens with zero attached hydrogens (tertiary/aromatic N) is 1. The second-order valence-electron chi connectivity index (χ2n) is 9.40. The summed E-state index contributed by atoms with van der Waals surface area (Å²) < 4.78 is 6.63. The number of rotatable bonds is 8. The quantitative estimate of drug-likeness (QED) is 0.532. The van der Waals surface area contributed by atoms with Crippen molar-refractivity contribution < 1.29 is 24.2 Å². The lowest BCUT2D eigenvalue weighted by molar-refractivity contribution is -0.148. The van der Waals surface area contributed by atoms with Crippen molar-refractivity contribution in [2.45, 2.75) is 69.7 Å². The van der Waals surface area contributed by atoms with Gasteiger partial charge in [0.05, 0.1) is 30.1 Å². The van der Waals surface area contributed by atoms with Crippen LogP contribution < -0.4 is 10.6 Å². The van der Waals surface area contributed by atoms with Crippen LogP contribution in [-0.2, 0) is 19.1 Å². The Hall–Kier alpha value is -2.16. The van der Waals surface area contributed by atoms with Gasteiger partial charge in [0.25, 0.3) is 0 Å².